The van der Waals surface area contributed by atoms with Crippen LogP contribution in [0.3, 0.4) is 0 Å². The topological polar surface area (TPSA) is 24.9 Å². The molecule has 0 aliphatic heterocycles. The summed E-state index contributed by atoms with van der Waals surface area (Å²) in [6.07, 6.45) is 4.19. The van der Waals surface area contributed by atoms with Crippen molar-refractivity contribution in [2.75, 3.05) is 0 Å². The highest BCUT2D eigenvalue weighted by Gasteiger charge is 2.07. The molecule has 0 saturated heterocycles. The predicted octanol–water partition coefficient (Wildman–Crippen LogP) is 4.28. The van der Waals surface area contributed by atoms with Gasteiger partial charge in [-0.25, -0.2) is 0 Å². The Bertz CT molecular complexity index is 521. The third kappa shape index (κ3) is 2.90. The van der Waals surface area contributed by atoms with E-state index in [2.05, 4.69) is 58.3 Å². The first-order valence-corrected chi connectivity index (χ1v) is 7.31. The number of hydrogen-bond acceptors (Lipinski definition) is 2. The third-order valence-corrected chi connectivity index (χ3v) is 4.06. The molecule has 18 heavy (non-hydrogen) atoms. The van der Waals surface area contributed by atoms with Crippen molar-refractivity contribution in [2.45, 2.75) is 39.3 Å². The Kier molecular flexibility index (Phi) is 4.72. The van der Waals surface area contributed by atoms with Crippen LogP contribution in [-0.2, 0) is 6.54 Å². The number of pyridine rings is 1. The fourth-order valence-corrected chi connectivity index (χ4v) is 2.62. The lowest BCUT2D eigenvalue weighted by Gasteiger charge is -2.15. The SMILES string of the molecule is CCC(CC)NCc1ccc(Br)c2cccnc12. The Hall–Kier alpha value is -0.930. The zero-order valence-electron chi connectivity index (χ0n) is 10.9. The largest absolute Gasteiger partial charge is 0.310 e. The highest BCUT2D eigenvalue weighted by molar-refractivity contribution is 9.10. The van der Waals surface area contributed by atoms with Gasteiger partial charge in [0.05, 0.1) is 5.52 Å². The van der Waals surface area contributed by atoms with Crippen LogP contribution in [0.5, 0.6) is 0 Å². The van der Waals surface area contributed by atoms with Crippen LogP contribution in [0, 0.1) is 0 Å². The molecule has 1 N–H and O–H groups in total. The molecule has 0 radical (unpaired) electrons. The predicted molar refractivity (Wildman–Crippen MR) is 80.7 cm³/mol. The highest BCUT2D eigenvalue weighted by Crippen LogP contribution is 2.25. The number of benzene rings is 1. The van der Waals surface area contributed by atoms with Gasteiger partial charge in [0.15, 0.2) is 0 Å². The van der Waals surface area contributed by atoms with Crippen LogP contribution in [0.25, 0.3) is 10.9 Å². The summed E-state index contributed by atoms with van der Waals surface area (Å²) in [4.78, 5) is 4.50. The summed E-state index contributed by atoms with van der Waals surface area (Å²) in [5.74, 6) is 0. The second-order valence-electron chi connectivity index (χ2n) is 4.50. The van der Waals surface area contributed by atoms with Crippen LogP contribution in [-0.4, -0.2) is 11.0 Å². The van der Waals surface area contributed by atoms with Crippen molar-refractivity contribution >= 4 is 26.8 Å². The molecule has 2 nitrogen and oxygen atoms in total. The Morgan fingerprint density at radius 2 is 2.00 bits per heavy atom. The maximum Gasteiger partial charge on any atom is 0.0758 e. The summed E-state index contributed by atoms with van der Waals surface area (Å²) in [5.41, 5.74) is 2.35. The molecule has 0 fully saturated rings. The van der Waals surface area contributed by atoms with E-state index in [-0.39, 0.29) is 0 Å². The van der Waals surface area contributed by atoms with Crippen molar-refractivity contribution < 1.29 is 0 Å². The molecule has 0 aliphatic carbocycles. The second kappa shape index (κ2) is 6.30. The van der Waals surface area contributed by atoms with Gasteiger partial charge in [-0.3, -0.25) is 4.98 Å². The maximum atomic E-state index is 4.50. The maximum absolute atomic E-state index is 4.50. The third-order valence-electron chi connectivity index (χ3n) is 3.37. The molecular formula is C15H19BrN2. The summed E-state index contributed by atoms with van der Waals surface area (Å²) >= 11 is 3.58. The second-order valence-corrected chi connectivity index (χ2v) is 5.35. The van der Waals surface area contributed by atoms with E-state index in [1.54, 1.807) is 0 Å². The normalized spacial score (nSPS) is 11.3. The first-order chi connectivity index (χ1) is 8.76. The van der Waals surface area contributed by atoms with E-state index in [0.717, 1.165) is 16.5 Å². The summed E-state index contributed by atoms with van der Waals surface area (Å²) in [6, 6.07) is 8.92. The molecule has 0 atom stereocenters. The Labute approximate surface area is 117 Å². The lowest BCUT2D eigenvalue weighted by molar-refractivity contribution is 0.485. The molecule has 0 bridgehead atoms. The molecule has 0 saturated carbocycles. The van der Waals surface area contributed by atoms with Crippen molar-refractivity contribution in [2.24, 2.45) is 0 Å². The van der Waals surface area contributed by atoms with E-state index in [0.29, 0.717) is 6.04 Å². The van der Waals surface area contributed by atoms with Crippen LogP contribution in [0.2, 0.25) is 0 Å². The van der Waals surface area contributed by atoms with Gasteiger partial charge in [0, 0.05) is 28.6 Å². The molecule has 1 aromatic carbocycles. The first kappa shape index (κ1) is 13.5. The van der Waals surface area contributed by atoms with Gasteiger partial charge in [0.25, 0.3) is 0 Å². The molecular weight excluding hydrogens is 288 g/mol. The fraction of sp³-hybridized carbons (Fsp3) is 0.400. The Balaban J connectivity index is 2.26. The van der Waals surface area contributed by atoms with Crippen LogP contribution >= 0.6 is 15.9 Å². The van der Waals surface area contributed by atoms with Crippen LogP contribution in [0.15, 0.2) is 34.9 Å². The van der Waals surface area contributed by atoms with Crippen LogP contribution in [0.1, 0.15) is 32.3 Å². The Morgan fingerprint density at radius 1 is 1.22 bits per heavy atom. The van der Waals surface area contributed by atoms with E-state index in [9.17, 15) is 0 Å². The number of halogens is 1. The quantitative estimate of drug-likeness (QED) is 0.892. The van der Waals surface area contributed by atoms with E-state index < -0.39 is 0 Å². The van der Waals surface area contributed by atoms with Crippen LogP contribution in [0.4, 0.5) is 0 Å². The minimum absolute atomic E-state index is 0.590. The zero-order valence-corrected chi connectivity index (χ0v) is 12.5. The lowest BCUT2D eigenvalue weighted by atomic mass is 10.1. The molecule has 1 heterocycles. The Morgan fingerprint density at radius 3 is 2.72 bits per heavy atom. The molecule has 0 aliphatic rings. The first-order valence-electron chi connectivity index (χ1n) is 6.51. The zero-order chi connectivity index (χ0) is 13.0. The van der Waals surface area contributed by atoms with Crippen LogP contribution < -0.4 is 5.32 Å². The van der Waals surface area contributed by atoms with Crippen molar-refractivity contribution in [1.29, 1.82) is 0 Å². The van der Waals surface area contributed by atoms with Crippen molar-refractivity contribution in [3.8, 4) is 0 Å². The number of fused-ring (bicyclic) bond motifs is 1. The lowest BCUT2D eigenvalue weighted by Crippen LogP contribution is -2.27. The number of rotatable bonds is 5. The molecule has 3 heteroatoms. The minimum Gasteiger partial charge on any atom is -0.310 e. The van der Waals surface area contributed by atoms with Gasteiger partial charge in [-0.05, 0) is 30.5 Å². The number of nitrogens with zero attached hydrogens (tertiary/aromatic N) is 1. The standard InChI is InChI=1S/C15H19BrN2/c1-3-12(4-2)18-10-11-7-8-14(16)13-6-5-9-17-15(11)13/h5-9,12,18H,3-4,10H2,1-2H3. The molecule has 0 amide bonds. The van der Waals surface area contributed by atoms with Crippen molar-refractivity contribution in [3.05, 3.63) is 40.5 Å². The molecule has 96 valence electrons. The van der Waals surface area contributed by atoms with E-state index in [1.165, 1.54) is 23.8 Å². The molecule has 2 aromatic rings. The molecule has 1 aromatic heterocycles. The molecule has 0 unspecified atom stereocenters. The minimum atomic E-state index is 0.590. The van der Waals surface area contributed by atoms with E-state index in [4.69, 9.17) is 0 Å². The summed E-state index contributed by atoms with van der Waals surface area (Å²) in [5, 5.41) is 4.77. The fourth-order valence-electron chi connectivity index (χ4n) is 2.17. The smallest absolute Gasteiger partial charge is 0.0758 e. The van der Waals surface area contributed by atoms with Gasteiger partial charge in [0.2, 0.25) is 0 Å². The van der Waals surface area contributed by atoms with E-state index in [1.807, 2.05) is 12.3 Å². The van der Waals surface area contributed by atoms with Gasteiger partial charge in [0.1, 0.15) is 0 Å². The van der Waals surface area contributed by atoms with Gasteiger partial charge in [-0.1, -0.05) is 41.9 Å². The average Bonchev–Trinajstić information content (AvgIpc) is 2.42. The van der Waals surface area contributed by atoms with Gasteiger partial charge >= 0.3 is 0 Å². The van der Waals surface area contributed by atoms with Crippen molar-refractivity contribution in [3.63, 3.8) is 0 Å². The highest BCUT2D eigenvalue weighted by atomic mass is 79.9. The average molecular weight is 307 g/mol. The number of nitrogens with one attached hydrogen (secondary N) is 1. The van der Waals surface area contributed by atoms with Gasteiger partial charge < -0.3 is 5.32 Å². The summed E-state index contributed by atoms with van der Waals surface area (Å²) in [7, 11) is 0. The van der Waals surface area contributed by atoms with Gasteiger partial charge in [-0.2, -0.15) is 0 Å². The molecule has 2 rings (SSSR count). The number of hydrogen-bond donors (Lipinski definition) is 1. The van der Waals surface area contributed by atoms with Crippen molar-refractivity contribution in [1.82, 2.24) is 10.3 Å². The number of aromatic nitrogens is 1. The monoisotopic (exact) mass is 306 g/mol. The molecule has 0 spiro atoms. The summed E-state index contributed by atoms with van der Waals surface area (Å²) < 4.78 is 1.11. The van der Waals surface area contributed by atoms with Gasteiger partial charge in [-0.15, -0.1) is 0 Å². The van der Waals surface area contributed by atoms with E-state index >= 15 is 0 Å². The summed E-state index contributed by atoms with van der Waals surface area (Å²) in [6.45, 7) is 5.32.